The Morgan fingerprint density at radius 1 is 0.706 bits per heavy atom. The molecule has 7 rings (SSSR count). The van der Waals surface area contributed by atoms with Crippen LogP contribution < -0.4 is 0 Å². The molecule has 0 amide bonds. The Morgan fingerprint density at radius 2 is 1.25 bits per heavy atom. The van der Waals surface area contributed by atoms with E-state index in [9.17, 15) is 15.2 Å². The van der Waals surface area contributed by atoms with E-state index in [0.29, 0.717) is 22.3 Å². The van der Waals surface area contributed by atoms with Gasteiger partial charge in [0.2, 0.25) is 0 Å². The maximum absolute atomic E-state index is 15.4. The summed E-state index contributed by atoms with van der Waals surface area (Å²) in [5.74, 6) is -5.12. The summed E-state index contributed by atoms with van der Waals surface area (Å²) in [6.45, 7) is 0. The number of carbonyl (C=O) groups excluding carboxylic acids is 2. The molecule has 9 heteroatoms. The zero-order valence-corrected chi connectivity index (χ0v) is 30.1. The van der Waals surface area contributed by atoms with Crippen LogP contribution in [0.25, 0.3) is 21.5 Å². The van der Waals surface area contributed by atoms with Gasteiger partial charge in [-0.3, -0.25) is 9.59 Å². The number of esters is 1. The molecule has 5 nitrogen and oxygen atoms in total. The second-order valence-corrected chi connectivity index (χ2v) is 14.6. The Kier molecular flexibility index (Phi) is 9.35. The molecule has 1 N–H and O–H groups in total. The van der Waals surface area contributed by atoms with E-state index in [2.05, 4.69) is 6.07 Å². The number of fused-ring (bicyclic) bond motifs is 2. The van der Waals surface area contributed by atoms with Crippen LogP contribution in [0, 0.1) is 22.7 Å². The second-order valence-electron chi connectivity index (χ2n) is 12.9. The van der Waals surface area contributed by atoms with Crippen molar-refractivity contribution in [1.82, 2.24) is 0 Å². The van der Waals surface area contributed by atoms with Crippen molar-refractivity contribution in [2.24, 2.45) is 11.3 Å². The van der Waals surface area contributed by atoms with Crippen LogP contribution in [0.1, 0.15) is 45.3 Å². The summed E-state index contributed by atoms with van der Waals surface area (Å²) in [7, 11) is 1.20. The highest BCUT2D eigenvalue weighted by Crippen LogP contribution is 2.64. The number of nitriles is 1. The Labute approximate surface area is 314 Å². The zero-order valence-electron chi connectivity index (χ0n) is 27.1. The molecular formula is C42H29Cl4NO4. The minimum atomic E-state index is -2.08. The molecule has 1 aliphatic carbocycles. The van der Waals surface area contributed by atoms with E-state index < -0.39 is 40.5 Å². The van der Waals surface area contributed by atoms with Crippen LogP contribution in [-0.2, 0) is 15.1 Å². The molecular weight excluding hydrogens is 724 g/mol. The van der Waals surface area contributed by atoms with Crippen molar-refractivity contribution >= 4 is 79.7 Å². The molecule has 1 saturated carbocycles. The molecule has 5 atom stereocenters. The van der Waals surface area contributed by atoms with Gasteiger partial charge in [-0.2, -0.15) is 5.26 Å². The lowest BCUT2D eigenvalue weighted by Gasteiger charge is -2.54. The molecule has 0 spiro atoms. The number of benzene rings is 6. The van der Waals surface area contributed by atoms with Gasteiger partial charge >= 0.3 is 5.97 Å². The van der Waals surface area contributed by atoms with Gasteiger partial charge in [-0.1, -0.05) is 131 Å². The van der Waals surface area contributed by atoms with Gasteiger partial charge in [0.1, 0.15) is 5.60 Å². The van der Waals surface area contributed by atoms with Gasteiger partial charge in [-0.15, -0.1) is 0 Å². The summed E-state index contributed by atoms with van der Waals surface area (Å²) in [6, 6.07) is 38.0. The first-order valence-corrected chi connectivity index (χ1v) is 17.7. The number of nitrogens with zero attached hydrogens (tertiary/aromatic N) is 1. The highest BCUT2D eigenvalue weighted by atomic mass is 35.5. The number of hydrogen-bond acceptors (Lipinski definition) is 5. The number of ketones is 1. The molecule has 1 aliphatic rings. The predicted octanol–water partition coefficient (Wildman–Crippen LogP) is 10.9. The Morgan fingerprint density at radius 3 is 1.84 bits per heavy atom. The molecule has 0 aliphatic heterocycles. The van der Waals surface area contributed by atoms with Gasteiger partial charge in [0.05, 0.1) is 39.2 Å². The number of hydrogen-bond donors (Lipinski definition) is 1. The first kappa shape index (κ1) is 35.0. The van der Waals surface area contributed by atoms with Crippen molar-refractivity contribution in [1.29, 1.82) is 5.26 Å². The van der Waals surface area contributed by atoms with E-state index in [1.807, 2.05) is 66.7 Å². The maximum Gasteiger partial charge on any atom is 0.327 e. The third-order valence-electron chi connectivity index (χ3n) is 10.3. The van der Waals surface area contributed by atoms with Crippen molar-refractivity contribution in [3.8, 4) is 6.07 Å². The Hall–Kier alpha value is -4.41. The summed E-state index contributed by atoms with van der Waals surface area (Å²) in [4.78, 5) is 29.8. The van der Waals surface area contributed by atoms with E-state index >= 15 is 4.79 Å². The van der Waals surface area contributed by atoms with Crippen molar-refractivity contribution in [3.63, 3.8) is 0 Å². The fourth-order valence-corrected chi connectivity index (χ4v) is 8.52. The van der Waals surface area contributed by atoms with E-state index in [1.165, 1.54) is 7.11 Å². The first-order valence-electron chi connectivity index (χ1n) is 16.2. The molecule has 0 bridgehead atoms. The SMILES string of the molecule is COC(=O)[C@@]1(C#N)[C@H](c2ccc(Cl)c(Cl)c2)[C@@H](C(=O)c2ccc3ccccc3c2)[C@@](O)(c2ccc3ccccc3c2)C[C@H]1c1ccc(Cl)c(Cl)c1. The summed E-state index contributed by atoms with van der Waals surface area (Å²) in [5, 5.41) is 29.2. The number of halogens is 4. The average molecular weight is 754 g/mol. The van der Waals surface area contributed by atoms with Crippen LogP contribution in [0.15, 0.2) is 121 Å². The summed E-state index contributed by atoms with van der Waals surface area (Å²) >= 11 is 25.9. The number of rotatable bonds is 6. The molecule has 51 heavy (non-hydrogen) atoms. The highest BCUT2D eigenvalue weighted by molar-refractivity contribution is 6.42. The zero-order chi connectivity index (χ0) is 36.1. The molecule has 6 aromatic carbocycles. The van der Waals surface area contributed by atoms with E-state index in [-0.39, 0.29) is 26.5 Å². The van der Waals surface area contributed by atoms with Crippen molar-refractivity contribution in [2.75, 3.05) is 7.11 Å². The van der Waals surface area contributed by atoms with Gasteiger partial charge in [-0.25, -0.2) is 0 Å². The van der Waals surface area contributed by atoms with Crippen molar-refractivity contribution in [3.05, 3.63) is 164 Å². The van der Waals surface area contributed by atoms with Gasteiger partial charge < -0.3 is 9.84 Å². The lowest BCUT2D eigenvalue weighted by molar-refractivity contribution is -0.162. The standard InChI is InChI=1S/C42H29Cl4NO4/c1-51-40(49)41(23-47)32(28-13-16-33(43)35(45)20-28)22-42(50,31-15-12-25-7-3-5-9-27(25)19-31)38(37(41)29-14-17-34(44)36(46)21-29)39(48)30-11-10-24-6-2-4-8-26(24)18-30/h2-21,32,37-38,50H,22H2,1H3/t32-,37+,38-,41+,42-/m0/s1. The number of ether oxygens (including phenoxy) is 1. The summed E-state index contributed by atoms with van der Waals surface area (Å²) in [5.41, 5.74) is -2.51. The molecule has 1 fully saturated rings. The van der Waals surface area contributed by atoms with Crippen LogP contribution in [-0.4, -0.2) is 24.0 Å². The molecule has 0 radical (unpaired) electrons. The van der Waals surface area contributed by atoms with Crippen molar-refractivity contribution in [2.45, 2.75) is 23.9 Å². The highest BCUT2D eigenvalue weighted by Gasteiger charge is 2.67. The van der Waals surface area contributed by atoms with E-state index in [0.717, 1.165) is 21.5 Å². The third kappa shape index (κ3) is 5.86. The fraction of sp³-hybridized carbons (Fsp3) is 0.167. The number of Topliss-reactive ketones (excluding diaryl/α,β-unsaturated/α-hetero) is 1. The first-order chi connectivity index (χ1) is 24.5. The van der Waals surface area contributed by atoms with Gasteiger partial charge in [0, 0.05) is 17.4 Å². The summed E-state index contributed by atoms with van der Waals surface area (Å²) in [6.07, 6.45) is -0.228. The van der Waals surface area contributed by atoms with Gasteiger partial charge in [-0.05, 0) is 81.1 Å². The molecule has 254 valence electrons. The number of carbonyl (C=O) groups is 2. The third-order valence-corrected chi connectivity index (χ3v) is 11.8. The van der Waals surface area contributed by atoms with E-state index in [4.69, 9.17) is 51.1 Å². The monoisotopic (exact) mass is 751 g/mol. The molecule has 6 aromatic rings. The van der Waals surface area contributed by atoms with Gasteiger partial charge in [0.25, 0.3) is 0 Å². The quantitative estimate of drug-likeness (QED) is 0.135. The fourth-order valence-electron chi connectivity index (χ4n) is 7.90. The van der Waals surface area contributed by atoms with Crippen LogP contribution >= 0.6 is 46.4 Å². The molecule has 0 unspecified atom stereocenters. The minimum Gasteiger partial charge on any atom is -0.468 e. The molecule has 0 aromatic heterocycles. The smallest absolute Gasteiger partial charge is 0.327 e. The topological polar surface area (TPSA) is 87.4 Å². The van der Waals surface area contributed by atoms with Crippen LogP contribution in [0.5, 0.6) is 0 Å². The van der Waals surface area contributed by atoms with Gasteiger partial charge in [0.15, 0.2) is 11.2 Å². The summed E-state index contributed by atoms with van der Waals surface area (Å²) < 4.78 is 5.45. The number of aliphatic hydroxyl groups is 1. The van der Waals surface area contributed by atoms with Crippen LogP contribution in [0.2, 0.25) is 20.1 Å². The van der Waals surface area contributed by atoms with Crippen molar-refractivity contribution < 1.29 is 19.4 Å². The predicted molar refractivity (Wildman–Crippen MR) is 203 cm³/mol. The lowest BCUT2D eigenvalue weighted by Crippen LogP contribution is -2.59. The molecule has 0 saturated heterocycles. The van der Waals surface area contributed by atoms with Crippen LogP contribution in [0.4, 0.5) is 0 Å². The van der Waals surface area contributed by atoms with E-state index in [1.54, 1.807) is 54.6 Å². The normalized spacial score (nSPS) is 23.1. The lowest BCUT2D eigenvalue weighted by atomic mass is 9.47. The Balaban J connectivity index is 1.59. The molecule has 0 heterocycles. The minimum absolute atomic E-state index is 0.147. The average Bonchev–Trinajstić information content (AvgIpc) is 3.15. The second kappa shape index (κ2) is 13.6. The Bertz CT molecular complexity index is 2410. The largest absolute Gasteiger partial charge is 0.468 e. The van der Waals surface area contributed by atoms with Crippen LogP contribution in [0.3, 0.4) is 0 Å². The maximum atomic E-state index is 15.4. The number of methoxy groups -OCH3 is 1.